The maximum atomic E-state index is 9.98. The van der Waals surface area contributed by atoms with Crippen LogP contribution in [0.3, 0.4) is 0 Å². The highest BCUT2D eigenvalue weighted by molar-refractivity contribution is 5.80. The first-order chi connectivity index (χ1) is 6.08. The second kappa shape index (κ2) is 10.7. The Labute approximate surface area is 78.5 Å². The Morgan fingerprint density at radius 2 is 2.00 bits per heavy atom. The summed E-state index contributed by atoms with van der Waals surface area (Å²) in [5.74, 6) is -0.586. The van der Waals surface area contributed by atoms with E-state index in [-0.39, 0.29) is 5.97 Å². The second-order valence-corrected chi connectivity index (χ2v) is 2.07. The van der Waals surface area contributed by atoms with E-state index in [0.29, 0.717) is 6.61 Å². The molecule has 0 heterocycles. The lowest BCUT2D eigenvalue weighted by Crippen LogP contribution is -1.98. The highest BCUT2D eigenvalue weighted by atomic mass is 16.5. The first-order valence-corrected chi connectivity index (χ1v) is 3.92. The molecule has 4 heteroatoms. The van der Waals surface area contributed by atoms with Gasteiger partial charge in [0.25, 0.3) is 0 Å². The first kappa shape index (κ1) is 14.2. The molecule has 4 nitrogen and oxygen atoms in total. The number of hydrogen-bond acceptors (Lipinski definition) is 4. The van der Waals surface area contributed by atoms with Gasteiger partial charge in [0, 0.05) is 13.0 Å². The predicted molar refractivity (Wildman–Crippen MR) is 49.1 cm³/mol. The molecule has 76 valence electrons. The molecule has 0 N–H and O–H groups in total. The van der Waals surface area contributed by atoms with Crippen LogP contribution in [0.1, 0.15) is 20.3 Å². The summed E-state index contributed by atoms with van der Waals surface area (Å²) < 4.78 is 8.69. The minimum atomic E-state index is -0.394. The molecule has 0 unspecified atom stereocenters. The molecule has 0 saturated heterocycles. The highest BCUT2D eigenvalue weighted by Gasteiger charge is 1.85. The Kier molecular flexibility index (Phi) is 11.7. The van der Waals surface area contributed by atoms with Gasteiger partial charge in [0.2, 0.25) is 0 Å². The third kappa shape index (κ3) is 18.0. The summed E-state index contributed by atoms with van der Waals surface area (Å²) >= 11 is 0. The largest absolute Gasteiger partial charge is 0.466 e. The van der Waals surface area contributed by atoms with Crippen molar-refractivity contribution in [3.8, 4) is 0 Å². The van der Waals surface area contributed by atoms with Gasteiger partial charge in [-0.15, -0.1) is 0 Å². The molecule has 0 saturated carbocycles. The molecule has 0 fully saturated rings. The van der Waals surface area contributed by atoms with Crippen LogP contribution in [0.5, 0.6) is 0 Å². The molecule has 0 atom stereocenters. The molecular weight excluding hydrogens is 172 g/mol. The molecule has 0 aliphatic rings. The smallest absolute Gasteiger partial charge is 0.329 e. The van der Waals surface area contributed by atoms with Crippen LogP contribution >= 0.6 is 0 Å². The molecule has 0 radical (unpaired) electrons. The molecular formula is C9H16O4. The van der Waals surface area contributed by atoms with Crippen LogP contribution in [-0.4, -0.2) is 25.7 Å². The summed E-state index contributed by atoms with van der Waals surface area (Å²) in [6, 6.07) is 0. The number of rotatable bonds is 3. The first-order valence-electron chi connectivity index (χ1n) is 3.92. The van der Waals surface area contributed by atoms with Crippen molar-refractivity contribution in [1.82, 2.24) is 0 Å². The van der Waals surface area contributed by atoms with E-state index < -0.39 is 5.97 Å². The van der Waals surface area contributed by atoms with Gasteiger partial charge in [-0.25, -0.2) is 4.79 Å². The molecule has 0 bridgehead atoms. The summed E-state index contributed by atoms with van der Waals surface area (Å²) in [7, 11) is 1.31. The van der Waals surface area contributed by atoms with Crippen LogP contribution in [0.15, 0.2) is 12.7 Å². The lowest BCUT2D eigenvalue weighted by Gasteiger charge is -1.93. The molecule has 13 heavy (non-hydrogen) atoms. The lowest BCUT2D eigenvalue weighted by molar-refractivity contribution is -0.141. The fourth-order valence-electron chi connectivity index (χ4n) is 0.329. The molecule has 0 aromatic heterocycles. The van der Waals surface area contributed by atoms with Crippen molar-refractivity contribution in [3.05, 3.63) is 12.7 Å². The normalized spacial score (nSPS) is 7.62. The molecule has 0 amide bonds. The zero-order valence-electron chi connectivity index (χ0n) is 8.33. The number of esters is 2. The van der Waals surface area contributed by atoms with Crippen LogP contribution in [-0.2, 0) is 19.1 Å². The maximum Gasteiger partial charge on any atom is 0.329 e. The van der Waals surface area contributed by atoms with Crippen molar-refractivity contribution in [2.75, 3.05) is 13.7 Å². The summed E-state index contributed by atoms with van der Waals surface area (Å²) in [6.45, 7) is 7.08. The second-order valence-electron chi connectivity index (χ2n) is 2.07. The topological polar surface area (TPSA) is 52.6 Å². The fraction of sp³-hybridized carbons (Fsp3) is 0.556. The Hall–Kier alpha value is -1.32. The van der Waals surface area contributed by atoms with Gasteiger partial charge in [0.1, 0.15) is 0 Å². The zero-order chi connectivity index (χ0) is 10.7. The van der Waals surface area contributed by atoms with Gasteiger partial charge in [-0.05, 0) is 6.42 Å². The van der Waals surface area contributed by atoms with Gasteiger partial charge in [0.05, 0.1) is 13.7 Å². The predicted octanol–water partition coefficient (Wildman–Crippen LogP) is 1.30. The van der Waals surface area contributed by atoms with Crippen LogP contribution < -0.4 is 0 Å². The average molecular weight is 188 g/mol. The fourth-order valence-corrected chi connectivity index (χ4v) is 0.329. The number of hydrogen-bond donors (Lipinski definition) is 0. The van der Waals surface area contributed by atoms with E-state index in [9.17, 15) is 9.59 Å². The van der Waals surface area contributed by atoms with E-state index in [1.54, 1.807) is 0 Å². The Bertz CT molecular complexity index is 163. The summed E-state index contributed by atoms with van der Waals surface area (Å²) in [5.41, 5.74) is 0. The van der Waals surface area contributed by atoms with E-state index in [1.165, 1.54) is 14.0 Å². The number of ether oxygens (including phenoxy) is 2. The molecule has 0 aliphatic heterocycles. The zero-order valence-corrected chi connectivity index (χ0v) is 8.33. The van der Waals surface area contributed by atoms with Crippen LogP contribution in [0, 0.1) is 0 Å². The minimum absolute atomic E-state index is 0.193. The molecule has 0 aliphatic carbocycles. The van der Waals surface area contributed by atoms with Gasteiger partial charge in [-0.1, -0.05) is 13.5 Å². The molecule has 0 aromatic carbocycles. The Balaban J connectivity index is 0. The van der Waals surface area contributed by atoms with E-state index in [1.807, 2.05) is 6.92 Å². The van der Waals surface area contributed by atoms with Gasteiger partial charge in [-0.2, -0.15) is 0 Å². The maximum absolute atomic E-state index is 9.98. The van der Waals surface area contributed by atoms with Crippen molar-refractivity contribution < 1.29 is 19.1 Å². The standard InChI is InChI=1S/C5H10O2.C4H6O2/c1-3-4-7-5(2)6;1-3-4(5)6-2/h3-4H2,1-2H3;3H,1H2,2H3. The monoisotopic (exact) mass is 188 g/mol. The quantitative estimate of drug-likeness (QED) is 0.495. The number of carbonyl (C=O) groups excluding carboxylic acids is 2. The van der Waals surface area contributed by atoms with Crippen LogP contribution in [0.2, 0.25) is 0 Å². The minimum Gasteiger partial charge on any atom is -0.466 e. The van der Waals surface area contributed by atoms with Crippen molar-refractivity contribution in [3.63, 3.8) is 0 Å². The van der Waals surface area contributed by atoms with Crippen molar-refractivity contribution in [1.29, 1.82) is 0 Å². The SMILES string of the molecule is C=CC(=O)OC.CCCOC(C)=O. The third-order valence-corrected chi connectivity index (χ3v) is 0.877. The van der Waals surface area contributed by atoms with Crippen molar-refractivity contribution >= 4 is 11.9 Å². The Morgan fingerprint density at radius 1 is 1.46 bits per heavy atom. The van der Waals surface area contributed by atoms with E-state index in [4.69, 9.17) is 0 Å². The van der Waals surface area contributed by atoms with Gasteiger partial charge in [0.15, 0.2) is 0 Å². The van der Waals surface area contributed by atoms with E-state index in [2.05, 4.69) is 16.1 Å². The molecule has 0 spiro atoms. The summed E-state index contributed by atoms with van der Waals surface area (Å²) in [4.78, 5) is 19.8. The molecule has 0 rings (SSSR count). The van der Waals surface area contributed by atoms with E-state index >= 15 is 0 Å². The van der Waals surface area contributed by atoms with Crippen molar-refractivity contribution in [2.24, 2.45) is 0 Å². The van der Waals surface area contributed by atoms with Gasteiger partial charge in [-0.3, -0.25) is 4.79 Å². The summed E-state index contributed by atoms with van der Waals surface area (Å²) in [5, 5.41) is 0. The third-order valence-electron chi connectivity index (χ3n) is 0.877. The van der Waals surface area contributed by atoms with Crippen molar-refractivity contribution in [2.45, 2.75) is 20.3 Å². The number of carbonyl (C=O) groups is 2. The lowest BCUT2D eigenvalue weighted by atomic mass is 10.5. The molecule has 0 aromatic rings. The summed E-state index contributed by atoms with van der Waals surface area (Å²) in [6.07, 6.45) is 2.01. The van der Waals surface area contributed by atoms with E-state index in [0.717, 1.165) is 12.5 Å². The highest BCUT2D eigenvalue weighted by Crippen LogP contribution is 1.78. The number of methoxy groups -OCH3 is 1. The average Bonchev–Trinajstić information content (AvgIpc) is 2.14. The van der Waals surface area contributed by atoms with Gasteiger partial charge < -0.3 is 9.47 Å². The Morgan fingerprint density at radius 3 is 2.08 bits per heavy atom. The van der Waals surface area contributed by atoms with Gasteiger partial charge >= 0.3 is 11.9 Å². The van der Waals surface area contributed by atoms with Crippen LogP contribution in [0.25, 0.3) is 0 Å². The van der Waals surface area contributed by atoms with Crippen LogP contribution in [0.4, 0.5) is 0 Å².